The molecule has 0 aliphatic heterocycles. The predicted molar refractivity (Wildman–Crippen MR) is 82.1 cm³/mol. The van der Waals surface area contributed by atoms with Crippen molar-refractivity contribution in [3.8, 4) is 5.69 Å². The van der Waals surface area contributed by atoms with Gasteiger partial charge in [-0.1, -0.05) is 36.1 Å². The summed E-state index contributed by atoms with van der Waals surface area (Å²) >= 11 is 0. The maximum absolute atomic E-state index is 5.89. The Morgan fingerprint density at radius 3 is 2.67 bits per heavy atom. The number of anilines is 1. The van der Waals surface area contributed by atoms with Gasteiger partial charge in [0.25, 0.3) is 0 Å². The lowest BCUT2D eigenvalue weighted by molar-refractivity contribution is 0.255. The summed E-state index contributed by atoms with van der Waals surface area (Å²) in [7, 11) is 0. The summed E-state index contributed by atoms with van der Waals surface area (Å²) in [4.78, 5) is 0. The van der Waals surface area contributed by atoms with Crippen LogP contribution in [0.3, 0.4) is 0 Å². The Bertz CT molecular complexity index is 552. The molecule has 112 valence electrons. The molecule has 1 heterocycles. The largest absolute Gasteiger partial charge is 0.352 e. The maximum atomic E-state index is 5.89. The molecule has 1 aromatic carbocycles. The topological polar surface area (TPSA) is 81.7 Å². The molecular weight excluding hydrogens is 264 g/mol. The highest BCUT2D eigenvalue weighted by molar-refractivity contribution is 5.38. The number of hydrogen-bond donors (Lipinski definition) is 2. The molecule has 1 aromatic heterocycles. The van der Waals surface area contributed by atoms with E-state index in [0.29, 0.717) is 17.8 Å². The number of hydrogen-bond acceptors (Lipinski definition) is 5. The molecular formula is C15H22N6. The van der Waals surface area contributed by atoms with Crippen molar-refractivity contribution in [1.82, 2.24) is 20.2 Å². The number of benzene rings is 1. The van der Waals surface area contributed by atoms with Crippen LogP contribution in [-0.2, 0) is 0 Å². The molecule has 6 nitrogen and oxygen atoms in total. The Labute approximate surface area is 124 Å². The minimum Gasteiger partial charge on any atom is -0.352 e. The Morgan fingerprint density at radius 2 is 1.90 bits per heavy atom. The summed E-state index contributed by atoms with van der Waals surface area (Å²) in [5.74, 6) is 1.93. The molecule has 2 unspecified atom stereocenters. The summed E-state index contributed by atoms with van der Waals surface area (Å²) < 4.78 is 1.74. The van der Waals surface area contributed by atoms with E-state index in [1.54, 1.807) is 4.68 Å². The second kappa shape index (κ2) is 6.67. The molecule has 0 bridgehead atoms. The van der Waals surface area contributed by atoms with Gasteiger partial charge in [-0.3, -0.25) is 0 Å². The fourth-order valence-electron chi connectivity index (χ4n) is 3.13. The summed E-state index contributed by atoms with van der Waals surface area (Å²) in [6, 6.07) is 9.92. The standard InChI is InChI=1S/C15H22N6/c16-10-12-6-4-5-7-13(12)11-17-15-18-19-20-21(15)14-8-2-1-3-9-14/h1-3,8-9,12-13H,4-7,10-11,16H2,(H,17,18,20). The van der Waals surface area contributed by atoms with Crippen LogP contribution in [0.25, 0.3) is 5.69 Å². The first kappa shape index (κ1) is 14.0. The van der Waals surface area contributed by atoms with Gasteiger partial charge in [0.2, 0.25) is 5.95 Å². The SMILES string of the molecule is NCC1CCCCC1CNc1nnnn1-c1ccccc1. The van der Waals surface area contributed by atoms with Gasteiger partial charge in [0, 0.05) is 6.54 Å². The Hall–Kier alpha value is -1.95. The monoisotopic (exact) mass is 286 g/mol. The second-order valence-corrected chi connectivity index (χ2v) is 5.67. The van der Waals surface area contributed by atoms with Crippen molar-refractivity contribution in [3.63, 3.8) is 0 Å². The summed E-state index contributed by atoms with van der Waals surface area (Å²) in [6.07, 6.45) is 5.08. The van der Waals surface area contributed by atoms with Crippen molar-refractivity contribution in [2.75, 3.05) is 18.4 Å². The molecule has 1 aliphatic rings. The minimum absolute atomic E-state index is 0.615. The normalized spacial score (nSPS) is 22.1. The van der Waals surface area contributed by atoms with Crippen molar-refractivity contribution in [1.29, 1.82) is 0 Å². The Kier molecular flexibility index (Phi) is 4.45. The van der Waals surface area contributed by atoms with Crippen molar-refractivity contribution in [2.24, 2.45) is 17.6 Å². The molecule has 0 saturated heterocycles. The van der Waals surface area contributed by atoms with Crippen LogP contribution in [0, 0.1) is 11.8 Å². The predicted octanol–water partition coefficient (Wildman–Crippen LogP) is 1.84. The van der Waals surface area contributed by atoms with Crippen LogP contribution >= 0.6 is 0 Å². The van der Waals surface area contributed by atoms with Crippen LogP contribution < -0.4 is 11.1 Å². The van der Waals surface area contributed by atoms with Gasteiger partial charge in [-0.25, -0.2) is 0 Å². The summed E-state index contributed by atoms with van der Waals surface area (Å²) in [6.45, 7) is 1.66. The van der Waals surface area contributed by atoms with E-state index in [1.165, 1.54) is 25.7 Å². The van der Waals surface area contributed by atoms with E-state index in [2.05, 4.69) is 20.8 Å². The van der Waals surface area contributed by atoms with E-state index in [4.69, 9.17) is 5.73 Å². The van der Waals surface area contributed by atoms with Crippen molar-refractivity contribution >= 4 is 5.95 Å². The second-order valence-electron chi connectivity index (χ2n) is 5.67. The first-order valence-corrected chi connectivity index (χ1v) is 7.66. The minimum atomic E-state index is 0.615. The quantitative estimate of drug-likeness (QED) is 0.876. The summed E-state index contributed by atoms with van der Waals surface area (Å²) in [5.41, 5.74) is 6.85. The highest BCUT2D eigenvalue weighted by atomic mass is 15.6. The van der Waals surface area contributed by atoms with E-state index in [0.717, 1.165) is 18.8 Å². The van der Waals surface area contributed by atoms with E-state index in [1.807, 2.05) is 30.3 Å². The van der Waals surface area contributed by atoms with Crippen LogP contribution in [0.1, 0.15) is 25.7 Å². The Balaban J connectivity index is 1.67. The molecule has 21 heavy (non-hydrogen) atoms. The van der Waals surface area contributed by atoms with E-state index in [9.17, 15) is 0 Å². The van der Waals surface area contributed by atoms with Crippen molar-refractivity contribution in [2.45, 2.75) is 25.7 Å². The average Bonchev–Trinajstić information content (AvgIpc) is 3.02. The number of nitrogens with two attached hydrogens (primary N) is 1. The molecule has 0 amide bonds. The first-order valence-electron chi connectivity index (χ1n) is 7.66. The van der Waals surface area contributed by atoms with E-state index >= 15 is 0 Å². The van der Waals surface area contributed by atoms with Gasteiger partial charge in [-0.05, 0) is 53.8 Å². The summed E-state index contributed by atoms with van der Waals surface area (Å²) in [5, 5.41) is 15.3. The lowest BCUT2D eigenvalue weighted by atomic mass is 9.79. The third kappa shape index (κ3) is 3.21. The van der Waals surface area contributed by atoms with E-state index in [-0.39, 0.29) is 0 Å². The van der Waals surface area contributed by atoms with Gasteiger partial charge < -0.3 is 11.1 Å². The van der Waals surface area contributed by atoms with Crippen LogP contribution in [0.15, 0.2) is 30.3 Å². The number of nitrogens with zero attached hydrogens (tertiary/aromatic N) is 4. The lowest BCUT2D eigenvalue weighted by Gasteiger charge is -2.30. The van der Waals surface area contributed by atoms with Crippen LogP contribution in [0.2, 0.25) is 0 Å². The molecule has 0 radical (unpaired) electrons. The zero-order valence-electron chi connectivity index (χ0n) is 12.2. The van der Waals surface area contributed by atoms with Gasteiger partial charge in [0.05, 0.1) is 5.69 Å². The third-order valence-corrected chi connectivity index (χ3v) is 4.36. The number of aromatic nitrogens is 4. The molecule has 0 spiro atoms. The molecule has 2 aromatic rings. The highest BCUT2D eigenvalue weighted by Gasteiger charge is 2.24. The van der Waals surface area contributed by atoms with Crippen LogP contribution in [-0.4, -0.2) is 33.3 Å². The van der Waals surface area contributed by atoms with Crippen molar-refractivity contribution in [3.05, 3.63) is 30.3 Å². The van der Waals surface area contributed by atoms with E-state index < -0.39 is 0 Å². The molecule has 3 N–H and O–H groups in total. The molecule has 2 atom stereocenters. The smallest absolute Gasteiger partial charge is 0.247 e. The lowest BCUT2D eigenvalue weighted by Crippen LogP contribution is -2.31. The van der Waals surface area contributed by atoms with Gasteiger partial charge in [-0.15, -0.1) is 0 Å². The number of rotatable bonds is 5. The number of nitrogens with one attached hydrogen (secondary N) is 1. The van der Waals surface area contributed by atoms with Crippen molar-refractivity contribution < 1.29 is 0 Å². The first-order chi connectivity index (χ1) is 10.4. The van der Waals surface area contributed by atoms with Gasteiger partial charge >= 0.3 is 0 Å². The fraction of sp³-hybridized carbons (Fsp3) is 0.533. The van der Waals surface area contributed by atoms with Crippen LogP contribution in [0.5, 0.6) is 0 Å². The molecule has 1 fully saturated rings. The third-order valence-electron chi connectivity index (χ3n) is 4.36. The van der Waals surface area contributed by atoms with Crippen LogP contribution in [0.4, 0.5) is 5.95 Å². The zero-order chi connectivity index (χ0) is 14.5. The molecule has 1 aliphatic carbocycles. The fourth-order valence-corrected chi connectivity index (χ4v) is 3.13. The zero-order valence-corrected chi connectivity index (χ0v) is 12.2. The Morgan fingerprint density at radius 1 is 1.14 bits per heavy atom. The van der Waals surface area contributed by atoms with Gasteiger partial charge in [0.15, 0.2) is 0 Å². The molecule has 6 heteroatoms. The maximum Gasteiger partial charge on any atom is 0.247 e. The highest BCUT2D eigenvalue weighted by Crippen LogP contribution is 2.29. The number of tetrazole rings is 1. The average molecular weight is 286 g/mol. The number of para-hydroxylation sites is 1. The molecule has 1 saturated carbocycles. The molecule has 3 rings (SSSR count). The van der Waals surface area contributed by atoms with Gasteiger partial charge in [0.1, 0.15) is 0 Å². The van der Waals surface area contributed by atoms with Gasteiger partial charge in [-0.2, -0.15) is 4.68 Å².